The summed E-state index contributed by atoms with van der Waals surface area (Å²) < 4.78 is 0. The molecule has 0 bridgehead atoms. The number of hydrogen-bond donors (Lipinski definition) is 6. The largest absolute Gasteiger partial charge is 0.393 e. The number of rotatable bonds is 9. The maximum Gasteiger partial charge on any atom is 0.185 e. The van der Waals surface area contributed by atoms with Gasteiger partial charge >= 0.3 is 0 Å². The van der Waals surface area contributed by atoms with Gasteiger partial charge in [-0.3, -0.25) is 5.41 Å². The van der Waals surface area contributed by atoms with E-state index in [4.69, 9.17) is 16.0 Å². The molecule has 0 aromatic rings. The van der Waals surface area contributed by atoms with Gasteiger partial charge in [0.05, 0.1) is 18.3 Å². The van der Waals surface area contributed by atoms with Crippen LogP contribution in [0.15, 0.2) is 24.3 Å². The fourth-order valence-corrected chi connectivity index (χ4v) is 8.44. The molecule has 7 N–H and O–H groups in total. The third-order valence-corrected chi connectivity index (χ3v) is 10.5. The predicted octanol–water partition coefficient (Wildman–Crippen LogP) is 3.63. The lowest BCUT2D eigenvalue weighted by atomic mass is 9.43. The van der Waals surface area contributed by atoms with Gasteiger partial charge in [-0.15, -0.1) is 0 Å². The van der Waals surface area contributed by atoms with Crippen LogP contribution in [0.4, 0.5) is 0 Å². The van der Waals surface area contributed by atoms with Gasteiger partial charge in [0.2, 0.25) is 0 Å². The van der Waals surface area contributed by atoms with E-state index in [1.54, 1.807) is 0 Å². The normalized spacial score (nSPS) is 43.1. The van der Waals surface area contributed by atoms with E-state index in [1.165, 1.54) is 12.8 Å². The quantitative estimate of drug-likeness (QED) is 0.0968. The summed E-state index contributed by atoms with van der Waals surface area (Å²) in [4.78, 5) is 5.37. The average Bonchev–Trinajstić information content (AvgIpc) is 3.08. The van der Waals surface area contributed by atoms with Crippen LogP contribution in [-0.4, -0.2) is 47.6 Å². The van der Waals surface area contributed by atoms with Crippen LogP contribution in [0, 0.1) is 39.9 Å². The number of aliphatic hydroxyl groups excluding tert-OH is 1. The SMILES string of the molecule is C[C@]12CC[C@H](O)C[C@H]1CC[C@@H]1[C@@H]2CC[C@]2(C)[C@@H](/C=C/C=C/CNOCCCNC(=N)N)CC[C@]12O. The smallest absolute Gasteiger partial charge is 0.185 e. The van der Waals surface area contributed by atoms with E-state index in [1.807, 2.05) is 6.08 Å². The van der Waals surface area contributed by atoms with Gasteiger partial charge in [0, 0.05) is 18.5 Å². The van der Waals surface area contributed by atoms with Crippen molar-refractivity contribution in [2.45, 2.75) is 89.8 Å². The zero-order valence-electron chi connectivity index (χ0n) is 21.8. The van der Waals surface area contributed by atoms with Gasteiger partial charge in [0.25, 0.3) is 0 Å². The maximum absolute atomic E-state index is 12.2. The van der Waals surface area contributed by atoms with Crippen molar-refractivity contribution in [3.63, 3.8) is 0 Å². The van der Waals surface area contributed by atoms with E-state index in [2.05, 4.69) is 42.9 Å². The molecule has 0 saturated heterocycles. The lowest BCUT2D eigenvalue weighted by Crippen LogP contribution is -2.62. The summed E-state index contributed by atoms with van der Waals surface area (Å²) in [5, 5.41) is 32.3. The molecule has 0 aliphatic heterocycles. The summed E-state index contributed by atoms with van der Waals surface area (Å²) in [5.74, 6) is 2.02. The van der Waals surface area contributed by atoms with Gasteiger partial charge < -0.3 is 26.1 Å². The molecule has 7 nitrogen and oxygen atoms in total. The first kappa shape index (κ1) is 26.6. The van der Waals surface area contributed by atoms with E-state index in [0.29, 0.717) is 43.4 Å². The van der Waals surface area contributed by atoms with Gasteiger partial charge in [0.1, 0.15) is 0 Å². The molecule has 4 aliphatic carbocycles. The third-order valence-electron chi connectivity index (χ3n) is 10.5. The second kappa shape index (κ2) is 10.9. The summed E-state index contributed by atoms with van der Waals surface area (Å²) in [6.45, 7) is 6.65. The molecule has 0 aromatic heterocycles. The first-order valence-corrected chi connectivity index (χ1v) is 13.9. The minimum absolute atomic E-state index is 0.0121. The standard InChI is InChI=1S/C28H48N4O3/c1-26-13-11-22(33)19-21(26)8-9-24-23(26)12-14-27(2)20(10-15-28(24,27)34)7-4-3-5-17-32-35-18-6-16-31-25(29)30/h3-5,7,20-24,32-34H,6,8-19H2,1-2H3,(H4,29,30,31)/b5-3+,7-4+/t20-,21+,22-,23-,24+,26-,27+,28-/m0/s1. The molecule has 35 heavy (non-hydrogen) atoms. The number of hydrogen-bond acceptors (Lipinski definition) is 5. The molecule has 198 valence electrons. The van der Waals surface area contributed by atoms with Gasteiger partial charge in [-0.05, 0) is 93.3 Å². The Hall–Kier alpha value is -1.41. The van der Waals surface area contributed by atoms with E-state index in [-0.39, 0.29) is 22.9 Å². The van der Waals surface area contributed by atoms with E-state index in [0.717, 1.165) is 51.4 Å². The van der Waals surface area contributed by atoms with Crippen molar-refractivity contribution >= 4 is 5.96 Å². The number of hydroxylamine groups is 1. The molecule has 7 heteroatoms. The van der Waals surface area contributed by atoms with Crippen LogP contribution in [0.3, 0.4) is 0 Å². The summed E-state index contributed by atoms with van der Waals surface area (Å²) in [7, 11) is 0. The highest BCUT2D eigenvalue weighted by Gasteiger charge is 2.66. The van der Waals surface area contributed by atoms with Crippen molar-refractivity contribution in [1.82, 2.24) is 10.8 Å². The van der Waals surface area contributed by atoms with Crippen molar-refractivity contribution in [3.05, 3.63) is 24.3 Å². The molecule has 0 amide bonds. The molecule has 0 aromatic carbocycles. The maximum atomic E-state index is 12.2. The summed E-state index contributed by atoms with van der Waals surface area (Å²) >= 11 is 0. The second-order valence-corrected chi connectivity index (χ2v) is 12.2. The molecule has 4 aliphatic rings. The zero-order chi connectivity index (χ0) is 25.1. The van der Waals surface area contributed by atoms with Gasteiger partial charge in [-0.1, -0.05) is 38.2 Å². The Bertz CT molecular complexity index is 803. The summed E-state index contributed by atoms with van der Waals surface area (Å²) in [6.07, 6.45) is 18.8. The Balaban J connectivity index is 1.28. The highest BCUT2D eigenvalue weighted by molar-refractivity contribution is 5.74. The molecule has 0 radical (unpaired) electrons. The molecular formula is C28H48N4O3. The first-order chi connectivity index (χ1) is 16.7. The summed E-state index contributed by atoms with van der Waals surface area (Å²) in [5.41, 5.74) is 7.84. The van der Waals surface area contributed by atoms with Crippen LogP contribution >= 0.6 is 0 Å². The van der Waals surface area contributed by atoms with Crippen molar-refractivity contribution in [1.29, 1.82) is 5.41 Å². The minimum atomic E-state index is -0.564. The van der Waals surface area contributed by atoms with Crippen LogP contribution in [0.1, 0.15) is 78.1 Å². The van der Waals surface area contributed by atoms with Crippen LogP contribution in [-0.2, 0) is 4.84 Å². The van der Waals surface area contributed by atoms with Crippen LogP contribution in [0.2, 0.25) is 0 Å². The molecule has 0 heterocycles. The van der Waals surface area contributed by atoms with Crippen LogP contribution in [0.5, 0.6) is 0 Å². The number of aliphatic hydroxyl groups is 2. The van der Waals surface area contributed by atoms with Crippen molar-refractivity contribution in [2.24, 2.45) is 40.2 Å². The Morgan fingerprint density at radius 1 is 1.09 bits per heavy atom. The number of guanidine groups is 1. The molecule has 4 fully saturated rings. The van der Waals surface area contributed by atoms with Gasteiger partial charge in [-0.2, -0.15) is 5.48 Å². The lowest BCUT2D eigenvalue weighted by Gasteiger charge is -2.63. The highest BCUT2D eigenvalue weighted by atomic mass is 16.6. The van der Waals surface area contributed by atoms with E-state index in [9.17, 15) is 10.2 Å². The molecule has 0 unspecified atom stereocenters. The molecule has 8 atom stereocenters. The Morgan fingerprint density at radius 3 is 2.71 bits per heavy atom. The lowest BCUT2D eigenvalue weighted by molar-refractivity contribution is -0.207. The molecule has 0 spiro atoms. The van der Waals surface area contributed by atoms with Crippen molar-refractivity contribution < 1.29 is 15.1 Å². The number of allylic oxidation sites excluding steroid dienone is 3. The van der Waals surface area contributed by atoms with Crippen LogP contribution in [0.25, 0.3) is 0 Å². The van der Waals surface area contributed by atoms with Crippen LogP contribution < -0.4 is 16.5 Å². The molecule has 4 saturated carbocycles. The average molecular weight is 489 g/mol. The predicted molar refractivity (Wildman–Crippen MR) is 139 cm³/mol. The Kier molecular flexibility index (Phi) is 8.31. The van der Waals surface area contributed by atoms with Crippen molar-refractivity contribution in [2.75, 3.05) is 19.7 Å². The number of nitrogens with two attached hydrogens (primary N) is 1. The second-order valence-electron chi connectivity index (χ2n) is 12.2. The highest BCUT2D eigenvalue weighted by Crippen LogP contribution is 2.69. The Labute approximate surface area is 211 Å². The van der Waals surface area contributed by atoms with Gasteiger partial charge in [-0.25, -0.2) is 0 Å². The van der Waals surface area contributed by atoms with E-state index < -0.39 is 5.60 Å². The topological polar surface area (TPSA) is 124 Å². The van der Waals surface area contributed by atoms with E-state index >= 15 is 0 Å². The van der Waals surface area contributed by atoms with Gasteiger partial charge in [0.15, 0.2) is 5.96 Å². The fraction of sp³-hybridized carbons (Fsp3) is 0.821. The number of nitrogens with one attached hydrogen (secondary N) is 3. The first-order valence-electron chi connectivity index (χ1n) is 13.9. The minimum Gasteiger partial charge on any atom is -0.393 e. The monoisotopic (exact) mass is 488 g/mol. The third kappa shape index (κ3) is 5.20. The Morgan fingerprint density at radius 2 is 1.91 bits per heavy atom. The summed E-state index contributed by atoms with van der Waals surface area (Å²) in [6, 6.07) is 0. The molecular weight excluding hydrogens is 440 g/mol. The van der Waals surface area contributed by atoms with Crippen molar-refractivity contribution in [3.8, 4) is 0 Å². The fourth-order valence-electron chi connectivity index (χ4n) is 8.44. The number of fused-ring (bicyclic) bond motifs is 5. The molecule has 4 rings (SSSR count). The zero-order valence-corrected chi connectivity index (χ0v) is 21.8.